The third-order valence-electron chi connectivity index (χ3n) is 3.20. The number of esters is 1. The molecule has 0 amide bonds. The smallest absolute Gasteiger partial charge is 0.421 e. The summed E-state index contributed by atoms with van der Waals surface area (Å²) >= 11 is 0. The number of hydrogen-bond donors (Lipinski definition) is 1. The van der Waals surface area contributed by atoms with E-state index in [1.54, 1.807) is 6.92 Å². The second-order valence-electron chi connectivity index (χ2n) is 4.82. The molecule has 112 valence electrons. The summed E-state index contributed by atoms with van der Waals surface area (Å²) < 4.78 is 43.0. The van der Waals surface area contributed by atoms with Gasteiger partial charge in [-0.2, -0.15) is 13.2 Å². The molecule has 0 spiro atoms. The number of carbonyl (C=O) groups excluding carboxylic acids is 1. The van der Waals surface area contributed by atoms with E-state index in [0.717, 1.165) is 12.1 Å². The molecule has 1 aromatic rings. The first kappa shape index (κ1) is 16.5. The summed E-state index contributed by atoms with van der Waals surface area (Å²) in [5, 5.41) is 9.49. The summed E-state index contributed by atoms with van der Waals surface area (Å²) in [6, 6.07) is 4.64. The van der Waals surface area contributed by atoms with Gasteiger partial charge in [0, 0.05) is 0 Å². The number of alkyl halides is 3. The quantitative estimate of drug-likeness (QED) is 0.683. The zero-order chi connectivity index (χ0) is 15.6. The minimum atomic E-state index is -4.78. The largest absolute Gasteiger partial charge is 0.426 e. The highest BCUT2D eigenvalue weighted by molar-refractivity contribution is 5.74. The van der Waals surface area contributed by atoms with Crippen LogP contribution in [0.1, 0.15) is 32.8 Å². The average Bonchev–Trinajstić information content (AvgIpc) is 2.37. The van der Waals surface area contributed by atoms with Crippen molar-refractivity contribution in [2.75, 3.05) is 0 Å². The van der Waals surface area contributed by atoms with E-state index >= 15 is 0 Å². The van der Waals surface area contributed by atoms with Crippen LogP contribution in [0.3, 0.4) is 0 Å². The number of aliphatic hydroxyl groups is 1. The molecule has 0 saturated heterocycles. The molecule has 0 saturated carbocycles. The molecule has 0 aromatic heterocycles. The van der Waals surface area contributed by atoms with Gasteiger partial charge in [0.1, 0.15) is 5.75 Å². The first-order valence-corrected chi connectivity index (χ1v) is 6.21. The molecule has 6 heteroatoms. The highest BCUT2D eigenvalue weighted by Crippen LogP contribution is 2.38. The fraction of sp³-hybridized carbons (Fsp3) is 0.500. The van der Waals surface area contributed by atoms with Crippen molar-refractivity contribution in [3.8, 4) is 5.75 Å². The molecule has 0 aliphatic heterocycles. The Kier molecular flexibility index (Phi) is 4.81. The maximum absolute atomic E-state index is 12.6. The van der Waals surface area contributed by atoms with E-state index in [2.05, 4.69) is 0 Å². The predicted octanol–water partition coefficient (Wildman–Crippen LogP) is 3.41. The van der Waals surface area contributed by atoms with Crippen LogP contribution in [0.4, 0.5) is 13.2 Å². The van der Waals surface area contributed by atoms with E-state index in [9.17, 15) is 23.1 Å². The van der Waals surface area contributed by atoms with Gasteiger partial charge >= 0.3 is 12.1 Å². The molecule has 0 aliphatic carbocycles. The van der Waals surface area contributed by atoms with Crippen molar-refractivity contribution in [3.63, 3.8) is 0 Å². The fourth-order valence-corrected chi connectivity index (χ4v) is 1.39. The normalized spacial score (nSPS) is 16.4. The van der Waals surface area contributed by atoms with Gasteiger partial charge in [-0.15, -0.1) is 0 Å². The Balaban J connectivity index is 2.87. The van der Waals surface area contributed by atoms with Gasteiger partial charge in [0.05, 0.1) is 5.92 Å². The molecule has 0 heterocycles. The van der Waals surface area contributed by atoms with E-state index < -0.39 is 17.7 Å². The summed E-state index contributed by atoms with van der Waals surface area (Å²) in [4.78, 5) is 11.5. The van der Waals surface area contributed by atoms with Gasteiger partial charge in [0.25, 0.3) is 0 Å². The molecule has 1 rings (SSSR count). The van der Waals surface area contributed by atoms with Crippen LogP contribution >= 0.6 is 0 Å². The minimum absolute atomic E-state index is 0.150. The Labute approximate surface area is 115 Å². The SMILES string of the molecule is CCC(C)C(=O)Oc1ccc(C(C)(O)C(F)(F)F)cc1. The standard InChI is InChI=1S/C14H17F3O3/c1-4-9(2)12(18)20-11-7-5-10(6-8-11)13(3,19)14(15,16)17/h5-9,19H,4H2,1-3H3. The monoisotopic (exact) mass is 290 g/mol. The molecule has 0 fully saturated rings. The Morgan fingerprint density at radius 3 is 2.20 bits per heavy atom. The lowest BCUT2D eigenvalue weighted by molar-refractivity contribution is -0.258. The van der Waals surface area contributed by atoms with Crippen LogP contribution in [-0.2, 0) is 10.4 Å². The zero-order valence-electron chi connectivity index (χ0n) is 11.5. The first-order chi connectivity index (χ1) is 9.09. The van der Waals surface area contributed by atoms with Crippen LogP contribution in [0.5, 0.6) is 5.75 Å². The summed E-state index contributed by atoms with van der Waals surface area (Å²) in [5.74, 6) is -0.576. The number of benzene rings is 1. The lowest BCUT2D eigenvalue weighted by Crippen LogP contribution is -2.39. The maximum atomic E-state index is 12.6. The van der Waals surface area contributed by atoms with Gasteiger partial charge in [-0.1, -0.05) is 26.0 Å². The summed E-state index contributed by atoms with van der Waals surface area (Å²) in [6.45, 7) is 4.20. The highest BCUT2D eigenvalue weighted by atomic mass is 19.4. The van der Waals surface area contributed by atoms with Crippen LogP contribution in [-0.4, -0.2) is 17.3 Å². The molecular weight excluding hydrogens is 273 g/mol. The van der Waals surface area contributed by atoms with Crippen molar-refractivity contribution in [3.05, 3.63) is 29.8 Å². The topological polar surface area (TPSA) is 46.5 Å². The van der Waals surface area contributed by atoms with Crippen molar-refractivity contribution in [2.45, 2.75) is 39.0 Å². The molecule has 3 nitrogen and oxygen atoms in total. The number of ether oxygens (including phenoxy) is 1. The van der Waals surface area contributed by atoms with Crippen molar-refractivity contribution in [1.82, 2.24) is 0 Å². The molecule has 1 N–H and O–H groups in total. The second-order valence-corrected chi connectivity index (χ2v) is 4.82. The maximum Gasteiger partial charge on any atom is 0.421 e. The molecule has 2 unspecified atom stereocenters. The van der Waals surface area contributed by atoms with Crippen LogP contribution in [0.25, 0.3) is 0 Å². The lowest BCUT2D eigenvalue weighted by atomic mass is 9.95. The van der Waals surface area contributed by atoms with Gasteiger partial charge < -0.3 is 9.84 Å². The van der Waals surface area contributed by atoms with Crippen LogP contribution in [0.2, 0.25) is 0 Å². The third kappa shape index (κ3) is 3.50. The summed E-state index contributed by atoms with van der Waals surface area (Å²) in [7, 11) is 0. The number of carbonyl (C=O) groups is 1. The fourth-order valence-electron chi connectivity index (χ4n) is 1.39. The van der Waals surface area contributed by atoms with Crippen molar-refractivity contribution < 1.29 is 27.8 Å². The Morgan fingerprint density at radius 2 is 1.80 bits per heavy atom. The van der Waals surface area contributed by atoms with Crippen LogP contribution < -0.4 is 4.74 Å². The van der Waals surface area contributed by atoms with Gasteiger partial charge in [-0.25, -0.2) is 0 Å². The second kappa shape index (κ2) is 5.83. The number of rotatable bonds is 4. The van der Waals surface area contributed by atoms with Gasteiger partial charge in [-0.3, -0.25) is 4.79 Å². The molecule has 2 atom stereocenters. The Hall–Kier alpha value is -1.56. The third-order valence-corrected chi connectivity index (χ3v) is 3.20. The zero-order valence-corrected chi connectivity index (χ0v) is 11.5. The lowest BCUT2D eigenvalue weighted by Gasteiger charge is -2.26. The van der Waals surface area contributed by atoms with Crippen molar-refractivity contribution >= 4 is 5.97 Å². The average molecular weight is 290 g/mol. The first-order valence-electron chi connectivity index (χ1n) is 6.21. The summed E-state index contributed by atoms with van der Waals surface area (Å²) in [6.07, 6.45) is -4.17. The van der Waals surface area contributed by atoms with E-state index in [1.165, 1.54) is 12.1 Å². The van der Waals surface area contributed by atoms with E-state index in [4.69, 9.17) is 4.74 Å². The molecule has 0 bridgehead atoms. The minimum Gasteiger partial charge on any atom is -0.426 e. The molecule has 20 heavy (non-hydrogen) atoms. The van der Waals surface area contributed by atoms with Gasteiger partial charge in [-0.05, 0) is 31.0 Å². The Morgan fingerprint density at radius 1 is 1.30 bits per heavy atom. The number of hydrogen-bond acceptors (Lipinski definition) is 3. The van der Waals surface area contributed by atoms with Crippen LogP contribution in [0, 0.1) is 5.92 Å². The van der Waals surface area contributed by atoms with E-state index in [1.807, 2.05) is 6.92 Å². The Bertz CT molecular complexity index is 464. The highest BCUT2D eigenvalue weighted by Gasteiger charge is 2.51. The summed E-state index contributed by atoms with van der Waals surface area (Å²) in [5.41, 5.74) is -3.25. The van der Waals surface area contributed by atoms with Gasteiger partial charge in [0.2, 0.25) is 0 Å². The van der Waals surface area contributed by atoms with E-state index in [-0.39, 0.29) is 17.2 Å². The predicted molar refractivity (Wildman–Crippen MR) is 67.2 cm³/mol. The number of halogens is 3. The van der Waals surface area contributed by atoms with Crippen molar-refractivity contribution in [2.24, 2.45) is 5.92 Å². The molecule has 1 aromatic carbocycles. The molecule has 0 aliphatic rings. The molecule has 0 radical (unpaired) electrons. The van der Waals surface area contributed by atoms with Crippen molar-refractivity contribution in [1.29, 1.82) is 0 Å². The van der Waals surface area contributed by atoms with Gasteiger partial charge in [0.15, 0.2) is 5.60 Å². The van der Waals surface area contributed by atoms with E-state index in [0.29, 0.717) is 13.3 Å². The molecular formula is C14H17F3O3. The van der Waals surface area contributed by atoms with Crippen LogP contribution in [0.15, 0.2) is 24.3 Å².